The Hall–Kier alpha value is 0.604. The van der Waals surface area contributed by atoms with Gasteiger partial charge in [0.15, 0.2) is 0 Å². The second-order valence-electron chi connectivity index (χ2n) is 4.35. The van der Waals surface area contributed by atoms with Gasteiger partial charge in [0.25, 0.3) is 6.69 Å². The molecule has 0 saturated carbocycles. The van der Waals surface area contributed by atoms with Crippen LogP contribution in [0.5, 0.6) is 0 Å². The fraction of sp³-hybridized carbons (Fsp3) is 0.400. The summed E-state index contributed by atoms with van der Waals surface area (Å²) in [6, 6.07) is 5.57. The summed E-state index contributed by atoms with van der Waals surface area (Å²) in [5.41, 5.74) is -0.719. The highest BCUT2D eigenvalue weighted by Crippen LogP contribution is 2.32. The van der Waals surface area contributed by atoms with E-state index in [1.807, 2.05) is 0 Å². The van der Waals surface area contributed by atoms with E-state index >= 15 is 0 Å². The van der Waals surface area contributed by atoms with Crippen LogP contribution in [-0.2, 0) is 6.18 Å². The summed E-state index contributed by atoms with van der Waals surface area (Å²) in [4.78, 5) is 0. The van der Waals surface area contributed by atoms with E-state index in [0.717, 1.165) is 12.1 Å². The molecule has 0 aliphatic heterocycles. The van der Waals surface area contributed by atoms with Crippen LogP contribution in [0.15, 0.2) is 24.3 Å². The number of hydrogen-bond donors (Lipinski definition) is 0. The second-order valence-corrected chi connectivity index (χ2v) is 19.5. The molecule has 0 saturated heterocycles. The first-order chi connectivity index (χ1) is 8.42. The first-order valence-electron chi connectivity index (χ1n) is 5.35. The van der Waals surface area contributed by atoms with Gasteiger partial charge in [-0.15, -0.1) is 44.3 Å². The van der Waals surface area contributed by atoms with E-state index in [2.05, 4.69) is 0 Å². The van der Waals surface area contributed by atoms with Crippen molar-refractivity contribution >= 4 is 62.9 Å². The van der Waals surface area contributed by atoms with Gasteiger partial charge in [-0.05, 0) is 23.8 Å². The van der Waals surface area contributed by atoms with Crippen LogP contribution < -0.4 is 5.19 Å². The molecule has 1 aromatic rings. The van der Waals surface area contributed by atoms with Gasteiger partial charge in [-0.25, -0.2) is 0 Å². The molecule has 108 valence electrons. The largest absolute Gasteiger partial charge is 0.416 e. The zero-order chi connectivity index (χ0) is 14.9. The molecule has 1 aromatic carbocycles. The summed E-state index contributed by atoms with van der Waals surface area (Å²) in [6.07, 6.45) is -4.36. The van der Waals surface area contributed by atoms with Gasteiger partial charge in [0, 0.05) is 0 Å². The molecule has 0 aliphatic carbocycles. The zero-order valence-corrected chi connectivity index (χ0v) is 14.9. The van der Waals surface area contributed by atoms with Crippen LogP contribution in [0.1, 0.15) is 5.56 Å². The minimum atomic E-state index is -4.36. The van der Waals surface area contributed by atoms with Gasteiger partial charge < -0.3 is 0 Å². The Kier molecular flexibility index (Phi) is 5.72. The number of halogens is 7. The molecule has 0 heterocycles. The summed E-state index contributed by atoms with van der Waals surface area (Å²) < 4.78 is 37.3. The number of rotatable bonds is 4. The highest BCUT2D eigenvalue weighted by molar-refractivity contribution is 7.52. The molecule has 1 rings (SSSR count). The lowest BCUT2D eigenvalue weighted by Gasteiger charge is -2.20. The van der Waals surface area contributed by atoms with Crippen LogP contribution in [0.3, 0.4) is 0 Å². The number of hydrogen-bond acceptors (Lipinski definition) is 0. The minimum Gasteiger partial charge on any atom is -0.166 e. The van der Waals surface area contributed by atoms with Crippen molar-refractivity contribution in [1.29, 1.82) is 0 Å². The lowest BCUT2D eigenvalue weighted by molar-refractivity contribution is -0.137. The molecule has 0 nitrogen and oxygen atoms in total. The molecular weight excluding hydrogens is 375 g/mol. The highest BCUT2D eigenvalue weighted by atomic mass is 35.7. The number of alkyl halides is 3. The third kappa shape index (κ3) is 5.85. The molecule has 0 unspecified atom stereocenters. The van der Waals surface area contributed by atoms with Crippen LogP contribution in [-0.4, -0.2) is 13.4 Å². The van der Waals surface area contributed by atoms with E-state index in [0.29, 0.717) is 17.3 Å². The van der Waals surface area contributed by atoms with Crippen LogP contribution >= 0.6 is 44.3 Å². The van der Waals surface area contributed by atoms with E-state index in [9.17, 15) is 13.2 Å². The molecule has 0 aromatic heterocycles. The average molecular weight is 386 g/mol. The molecule has 0 fully saturated rings. The molecule has 0 spiro atoms. The van der Waals surface area contributed by atoms with Crippen molar-refractivity contribution in [2.45, 2.75) is 24.8 Å². The third-order valence-electron chi connectivity index (χ3n) is 2.51. The quantitative estimate of drug-likeness (QED) is 0.482. The Bertz CT molecular complexity index is 426. The maximum atomic E-state index is 12.4. The molecule has 0 radical (unpaired) electrons. The normalized spacial score (nSPS) is 13.7. The fourth-order valence-electron chi connectivity index (χ4n) is 1.42. The molecular formula is C10H11Cl4F3Si2. The van der Waals surface area contributed by atoms with Crippen LogP contribution in [0.25, 0.3) is 0 Å². The monoisotopic (exact) mass is 384 g/mol. The van der Waals surface area contributed by atoms with Gasteiger partial charge in [0.1, 0.15) is 0 Å². The molecule has 0 N–H and O–H groups in total. The van der Waals surface area contributed by atoms with Crippen molar-refractivity contribution in [2.75, 3.05) is 0 Å². The Morgan fingerprint density at radius 2 is 1.42 bits per heavy atom. The maximum absolute atomic E-state index is 12.4. The summed E-state index contributed by atoms with van der Waals surface area (Å²) in [6.45, 7) is -3.39. The standard InChI is InChI=1S/C10H11Cl4F3Si2/c1-18(11,12)6-7-19(13,14)9-4-2-8(3-5-9)10(15,16)17/h2-5H,6-7H2,1H3. The van der Waals surface area contributed by atoms with E-state index in [1.165, 1.54) is 12.1 Å². The van der Waals surface area contributed by atoms with E-state index < -0.39 is 25.1 Å². The summed E-state index contributed by atoms with van der Waals surface area (Å²) in [7, 11) is 0. The number of benzene rings is 1. The van der Waals surface area contributed by atoms with Crippen molar-refractivity contribution < 1.29 is 13.2 Å². The average Bonchev–Trinajstić information content (AvgIpc) is 2.25. The lowest BCUT2D eigenvalue weighted by atomic mass is 10.2. The smallest absolute Gasteiger partial charge is 0.166 e. The Balaban J connectivity index is 2.85. The van der Waals surface area contributed by atoms with E-state index in [-0.39, 0.29) is 0 Å². The van der Waals surface area contributed by atoms with E-state index in [1.54, 1.807) is 6.55 Å². The SMILES string of the molecule is C[Si](Cl)(Cl)CC[Si](Cl)(Cl)c1ccc(C(F)(F)F)cc1. The molecule has 0 atom stereocenters. The van der Waals surface area contributed by atoms with Crippen LogP contribution in [0.2, 0.25) is 18.6 Å². The van der Waals surface area contributed by atoms with E-state index in [4.69, 9.17) is 44.3 Å². The zero-order valence-electron chi connectivity index (χ0n) is 9.87. The lowest BCUT2D eigenvalue weighted by Crippen LogP contribution is -2.37. The molecule has 9 heteroatoms. The Labute approximate surface area is 130 Å². The van der Waals surface area contributed by atoms with Crippen molar-refractivity contribution in [1.82, 2.24) is 0 Å². The van der Waals surface area contributed by atoms with Crippen LogP contribution in [0, 0.1) is 0 Å². The first-order valence-corrected chi connectivity index (χ1v) is 14.3. The minimum absolute atomic E-state index is 0.428. The van der Waals surface area contributed by atoms with Crippen molar-refractivity contribution in [2.24, 2.45) is 0 Å². The van der Waals surface area contributed by atoms with Crippen molar-refractivity contribution in [3.8, 4) is 0 Å². The highest BCUT2D eigenvalue weighted by Gasteiger charge is 2.36. The topological polar surface area (TPSA) is 0 Å². The molecule has 0 amide bonds. The Morgan fingerprint density at radius 1 is 0.947 bits per heavy atom. The summed E-state index contributed by atoms with van der Waals surface area (Å²) >= 11 is 24.5. The second kappa shape index (κ2) is 6.16. The van der Waals surface area contributed by atoms with Gasteiger partial charge >= 0.3 is 6.18 Å². The molecule has 19 heavy (non-hydrogen) atoms. The van der Waals surface area contributed by atoms with Gasteiger partial charge in [-0.1, -0.05) is 24.3 Å². The van der Waals surface area contributed by atoms with Crippen molar-refractivity contribution in [3.05, 3.63) is 29.8 Å². The maximum Gasteiger partial charge on any atom is 0.416 e. The molecule has 0 aliphatic rings. The first kappa shape index (κ1) is 17.7. The van der Waals surface area contributed by atoms with Gasteiger partial charge in [0.05, 0.1) is 5.56 Å². The molecule has 0 bridgehead atoms. The van der Waals surface area contributed by atoms with Crippen LogP contribution in [0.4, 0.5) is 13.2 Å². The van der Waals surface area contributed by atoms with Gasteiger partial charge in [-0.3, -0.25) is 0 Å². The van der Waals surface area contributed by atoms with Crippen molar-refractivity contribution in [3.63, 3.8) is 0 Å². The summed E-state index contributed by atoms with van der Waals surface area (Å²) in [5.74, 6) is 0. The third-order valence-corrected chi connectivity index (χ3v) is 9.77. The Morgan fingerprint density at radius 3 is 1.79 bits per heavy atom. The van der Waals surface area contributed by atoms with Gasteiger partial charge in [-0.2, -0.15) is 13.2 Å². The summed E-state index contributed by atoms with van der Waals surface area (Å²) in [5, 5.41) is 0.537. The van der Waals surface area contributed by atoms with Gasteiger partial charge in [0.2, 0.25) is 6.69 Å². The predicted octanol–water partition coefficient (Wildman–Crippen LogP) is 5.38. The fourth-order valence-corrected chi connectivity index (χ4v) is 9.54. The predicted molar refractivity (Wildman–Crippen MR) is 81.5 cm³/mol.